The first-order valence-electron chi connectivity index (χ1n) is 4.81. The molecule has 0 bridgehead atoms. The van der Waals surface area contributed by atoms with E-state index in [-0.39, 0.29) is 6.61 Å². The predicted molar refractivity (Wildman–Crippen MR) is 53.3 cm³/mol. The van der Waals surface area contributed by atoms with E-state index < -0.39 is 0 Å². The molecular formula is C10H23NO. The fraction of sp³-hybridized carbons (Fsp3) is 1.00. The summed E-state index contributed by atoms with van der Waals surface area (Å²) >= 11 is 0. The van der Waals surface area contributed by atoms with Gasteiger partial charge in [0.25, 0.3) is 0 Å². The highest BCUT2D eigenvalue weighted by Crippen LogP contribution is 2.28. The maximum atomic E-state index is 7.57. The molecule has 2 nitrogen and oxygen atoms in total. The Morgan fingerprint density at radius 3 is 1.83 bits per heavy atom. The third-order valence-corrected chi connectivity index (χ3v) is 2.34. The first-order chi connectivity index (χ1) is 5.52. The predicted octanol–water partition coefficient (Wildman–Crippen LogP) is 1.74. The Balaban J connectivity index is 0.000000354. The molecule has 0 amide bonds. The average Bonchev–Trinajstić information content (AvgIpc) is 1.98. The van der Waals surface area contributed by atoms with Crippen LogP contribution in [0.5, 0.6) is 0 Å². The number of nitrogens with zero attached hydrogens (tertiary/aromatic N) is 1. The van der Waals surface area contributed by atoms with Crippen molar-refractivity contribution in [3.05, 3.63) is 0 Å². The summed E-state index contributed by atoms with van der Waals surface area (Å²) in [6.07, 6.45) is 2.73. The second kappa shape index (κ2) is 5.55. The molecule has 0 spiro atoms. The fourth-order valence-electron chi connectivity index (χ4n) is 1.22. The van der Waals surface area contributed by atoms with Gasteiger partial charge in [-0.3, -0.25) is 0 Å². The van der Waals surface area contributed by atoms with Crippen molar-refractivity contribution >= 4 is 0 Å². The quantitative estimate of drug-likeness (QED) is 0.603. The summed E-state index contributed by atoms with van der Waals surface area (Å²) in [6.45, 7) is 9.22. The van der Waals surface area contributed by atoms with Crippen LogP contribution in [0.2, 0.25) is 0 Å². The molecule has 1 N–H and O–H groups in total. The molecule has 1 rings (SSSR count). The molecule has 0 saturated carbocycles. The first-order valence-corrected chi connectivity index (χ1v) is 4.81. The highest BCUT2D eigenvalue weighted by Gasteiger charge is 2.22. The summed E-state index contributed by atoms with van der Waals surface area (Å²) in [4.78, 5) is 2.41. The van der Waals surface area contributed by atoms with Gasteiger partial charge in [-0.1, -0.05) is 13.8 Å². The van der Waals surface area contributed by atoms with Crippen LogP contribution in [0.1, 0.15) is 33.6 Å². The van der Waals surface area contributed by atoms with Gasteiger partial charge in [0.1, 0.15) is 0 Å². The van der Waals surface area contributed by atoms with Gasteiger partial charge in [-0.2, -0.15) is 0 Å². The van der Waals surface area contributed by atoms with Gasteiger partial charge in [-0.25, -0.2) is 0 Å². The molecule has 1 heterocycles. The van der Waals surface area contributed by atoms with Crippen LogP contribution in [0.25, 0.3) is 0 Å². The molecule has 0 aromatic rings. The van der Waals surface area contributed by atoms with E-state index in [4.69, 9.17) is 5.11 Å². The molecular weight excluding hydrogens is 150 g/mol. The van der Waals surface area contributed by atoms with Gasteiger partial charge in [0, 0.05) is 6.61 Å². The van der Waals surface area contributed by atoms with Crippen molar-refractivity contribution in [1.82, 2.24) is 4.90 Å². The van der Waals surface area contributed by atoms with E-state index in [2.05, 4.69) is 25.8 Å². The summed E-state index contributed by atoms with van der Waals surface area (Å²) in [6, 6.07) is 0. The van der Waals surface area contributed by atoms with Gasteiger partial charge in [0.05, 0.1) is 0 Å². The zero-order valence-corrected chi connectivity index (χ0v) is 8.93. The zero-order valence-electron chi connectivity index (χ0n) is 8.93. The van der Waals surface area contributed by atoms with Crippen molar-refractivity contribution < 1.29 is 5.11 Å². The van der Waals surface area contributed by atoms with Crippen molar-refractivity contribution in [3.8, 4) is 0 Å². The molecule has 1 aliphatic heterocycles. The van der Waals surface area contributed by atoms with Gasteiger partial charge in [0.15, 0.2) is 0 Å². The molecule has 1 saturated heterocycles. The van der Waals surface area contributed by atoms with Crippen molar-refractivity contribution in [3.63, 3.8) is 0 Å². The van der Waals surface area contributed by atoms with Gasteiger partial charge >= 0.3 is 0 Å². The summed E-state index contributed by atoms with van der Waals surface area (Å²) in [5, 5.41) is 7.57. The summed E-state index contributed by atoms with van der Waals surface area (Å²) in [5.41, 5.74) is 0.618. The lowest BCUT2D eigenvalue weighted by atomic mass is 9.83. The lowest BCUT2D eigenvalue weighted by Crippen LogP contribution is -2.34. The zero-order chi connectivity index (χ0) is 9.61. The maximum Gasteiger partial charge on any atom is 0.0402 e. The Hall–Kier alpha value is -0.0800. The van der Waals surface area contributed by atoms with Crippen LogP contribution in [0, 0.1) is 5.41 Å². The smallest absolute Gasteiger partial charge is 0.0402 e. The van der Waals surface area contributed by atoms with Gasteiger partial charge in [-0.15, -0.1) is 0 Å². The Bertz CT molecular complexity index is 102. The molecule has 2 heteroatoms. The van der Waals surface area contributed by atoms with Crippen LogP contribution in [-0.2, 0) is 0 Å². The summed E-state index contributed by atoms with van der Waals surface area (Å²) in [7, 11) is 2.20. The number of hydrogen-bond donors (Lipinski definition) is 1. The summed E-state index contributed by atoms with van der Waals surface area (Å²) in [5.74, 6) is 0. The van der Waals surface area contributed by atoms with Crippen molar-refractivity contribution in [2.24, 2.45) is 5.41 Å². The van der Waals surface area contributed by atoms with Crippen LogP contribution in [0.4, 0.5) is 0 Å². The molecule has 0 radical (unpaired) electrons. The molecule has 1 aliphatic rings. The molecule has 0 aliphatic carbocycles. The van der Waals surface area contributed by atoms with E-state index in [9.17, 15) is 0 Å². The van der Waals surface area contributed by atoms with Crippen molar-refractivity contribution in [1.29, 1.82) is 0 Å². The van der Waals surface area contributed by atoms with Crippen LogP contribution in [0.15, 0.2) is 0 Å². The topological polar surface area (TPSA) is 23.5 Å². The number of likely N-dealkylation sites (tertiary alicyclic amines) is 1. The minimum atomic E-state index is 0.250. The molecule has 0 atom stereocenters. The molecule has 12 heavy (non-hydrogen) atoms. The first kappa shape index (κ1) is 11.9. The number of hydrogen-bond acceptors (Lipinski definition) is 2. The number of rotatable bonds is 0. The second-order valence-corrected chi connectivity index (χ2v) is 4.28. The maximum absolute atomic E-state index is 7.57. The summed E-state index contributed by atoms with van der Waals surface area (Å²) < 4.78 is 0. The molecule has 0 aromatic heterocycles. The minimum Gasteiger partial charge on any atom is -0.397 e. The van der Waals surface area contributed by atoms with Gasteiger partial charge in [0.2, 0.25) is 0 Å². The Morgan fingerprint density at radius 2 is 1.58 bits per heavy atom. The minimum absolute atomic E-state index is 0.250. The monoisotopic (exact) mass is 173 g/mol. The highest BCUT2D eigenvalue weighted by atomic mass is 16.2. The van der Waals surface area contributed by atoms with Gasteiger partial charge in [-0.05, 0) is 45.3 Å². The third kappa shape index (κ3) is 5.56. The van der Waals surface area contributed by atoms with Crippen LogP contribution in [-0.4, -0.2) is 36.8 Å². The SMILES string of the molecule is CCO.CN1CCC(C)(C)CC1. The molecule has 0 aromatic carbocycles. The van der Waals surface area contributed by atoms with E-state index in [1.54, 1.807) is 6.92 Å². The largest absolute Gasteiger partial charge is 0.397 e. The van der Waals surface area contributed by atoms with E-state index in [0.717, 1.165) is 0 Å². The molecule has 1 fully saturated rings. The molecule has 74 valence electrons. The van der Waals surface area contributed by atoms with E-state index in [1.807, 2.05) is 0 Å². The van der Waals surface area contributed by atoms with Crippen LogP contribution in [0.3, 0.4) is 0 Å². The number of piperidine rings is 1. The standard InChI is InChI=1S/C8H17N.C2H6O/c1-8(2)4-6-9(3)7-5-8;1-2-3/h4-7H2,1-3H3;3H,2H2,1H3. The fourth-order valence-corrected chi connectivity index (χ4v) is 1.22. The Morgan fingerprint density at radius 1 is 1.25 bits per heavy atom. The third-order valence-electron chi connectivity index (χ3n) is 2.34. The lowest BCUT2D eigenvalue weighted by Gasteiger charge is -2.34. The average molecular weight is 173 g/mol. The Labute approximate surface area is 76.6 Å². The van der Waals surface area contributed by atoms with Crippen molar-refractivity contribution in [2.75, 3.05) is 26.7 Å². The second-order valence-electron chi connectivity index (χ2n) is 4.28. The van der Waals surface area contributed by atoms with Crippen LogP contribution >= 0.6 is 0 Å². The van der Waals surface area contributed by atoms with Crippen LogP contribution < -0.4 is 0 Å². The van der Waals surface area contributed by atoms with E-state index in [1.165, 1.54) is 25.9 Å². The lowest BCUT2D eigenvalue weighted by molar-refractivity contribution is 0.157. The van der Waals surface area contributed by atoms with E-state index >= 15 is 0 Å². The van der Waals surface area contributed by atoms with Crippen molar-refractivity contribution in [2.45, 2.75) is 33.6 Å². The normalized spacial score (nSPS) is 22.8. The van der Waals surface area contributed by atoms with E-state index in [0.29, 0.717) is 5.41 Å². The van der Waals surface area contributed by atoms with Gasteiger partial charge < -0.3 is 10.0 Å². The highest BCUT2D eigenvalue weighted by molar-refractivity contribution is 4.76. The number of aliphatic hydroxyl groups is 1. The Kier molecular flexibility index (Phi) is 5.51. The molecule has 0 unspecified atom stereocenters. The number of aliphatic hydroxyl groups excluding tert-OH is 1.